The van der Waals surface area contributed by atoms with Crippen molar-refractivity contribution in [3.05, 3.63) is 48.4 Å². The topological polar surface area (TPSA) is 108 Å². The largest absolute Gasteiger partial charge is 0.489 e. The quantitative estimate of drug-likeness (QED) is 0.663. The molecule has 1 saturated heterocycles. The van der Waals surface area contributed by atoms with Gasteiger partial charge in [0, 0.05) is 44.9 Å². The first-order valence-electron chi connectivity index (χ1n) is 9.00. The minimum Gasteiger partial charge on any atom is -0.489 e. The molecule has 1 aliphatic rings. The Hall–Kier alpha value is -2.71. The third kappa shape index (κ3) is 5.38. The Morgan fingerprint density at radius 2 is 2.11 bits per heavy atom. The maximum atomic E-state index is 12.6. The fraction of sp³-hybridized carbons (Fsp3) is 0.421. The number of carbonyl (C=O) groups is 1. The fourth-order valence-electron chi connectivity index (χ4n) is 2.88. The van der Waals surface area contributed by atoms with E-state index in [1.807, 2.05) is 17.0 Å². The van der Waals surface area contributed by atoms with Crippen molar-refractivity contribution in [2.24, 2.45) is 0 Å². The number of piperidine rings is 1. The van der Waals surface area contributed by atoms with Gasteiger partial charge in [-0.15, -0.1) is 0 Å². The van der Waals surface area contributed by atoms with Crippen molar-refractivity contribution >= 4 is 11.7 Å². The number of carbonyl (C=O) groups excluding carboxylic acids is 1. The number of rotatable bonds is 7. The van der Waals surface area contributed by atoms with Gasteiger partial charge in [-0.25, -0.2) is 4.98 Å². The number of hydrogen-bond donors (Lipinski definition) is 3. The Morgan fingerprint density at radius 3 is 2.74 bits per heavy atom. The summed E-state index contributed by atoms with van der Waals surface area (Å²) < 4.78 is 5.90. The normalized spacial score (nSPS) is 16.0. The van der Waals surface area contributed by atoms with Crippen LogP contribution in [-0.2, 0) is 0 Å². The van der Waals surface area contributed by atoms with E-state index in [2.05, 4.69) is 15.3 Å². The lowest BCUT2D eigenvalue weighted by Crippen LogP contribution is -2.41. The first kappa shape index (κ1) is 19.1. The summed E-state index contributed by atoms with van der Waals surface area (Å²) >= 11 is 0. The number of pyridine rings is 2. The number of nitrogens with zero attached hydrogens (tertiary/aromatic N) is 3. The molecule has 1 aliphatic heterocycles. The lowest BCUT2D eigenvalue weighted by molar-refractivity contribution is 0.0594. The van der Waals surface area contributed by atoms with Gasteiger partial charge in [0.2, 0.25) is 0 Å². The van der Waals surface area contributed by atoms with Crippen molar-refractivity contribution in [2.75, 3.05) is 31.6 Å². The summed E-state index contributed by atoms with van der Waals surface area (Å²) in [7, 11) is 0. The molecule has 0 aromatic carbocycles. The molecule has 0 spiro atoms. The zero-order valence-electron chi connectivity index (χ0n) is 15.0. The molecule has 27 heavy (non-hydrogen) atoms. The maximum Gasteiger partial charge on any atom is 0.255 e. The number of hydrogen-bond acceptors (Lipinski definition) is 7. The molecular weight excluding hydrogens is 348 g/mol. The third-order valence-electron chi connectivity index (χ3n) is 4.41. The molecule has 8 nitrogen and oxygen atoms in total. The second-order valence-electron chi connectivity index (χ2n) is 6.45. The summed E-state index contributed by atoms with van der Waals surface area (Å²) in [6.07, 6.45) is 5.70. The van der Waals surface area contributed by atoms with Gasteiger partial charge < -0.3 is 25.2 Å². The summed E-state index contributed by atoms with van der Waals surface area (Å²) in [5, 5.41) is 21.0. The van der Waals surface area contributed by atoms with E-state index >= 15 is 0 Å². The minimum atomic E-state index is -0.844. The lowest BCUT2D eigenvalue weighted by atomic mass is 10.1. The van der Waals surface area contributed by atoms with Crippen LogP contribution in [-0.4, -0.2) is 69.4 Å². The van der Waals surface area contributed by atoms with E-state index in [1.54, 1.807) is 24.5 Å². The molecule has 1 fully saturated rings. The molecule has 1 atom stereocenters. The van der Waals surface area contributed by atoms with Crippen LogP contribution in [0.3, 0.4) is 0 Å². The number of aromatic nitrogens is 2. The predicted molar refractivity (Wildman–Crippen MR) is 99.6 cm³/mol. The highest BCUT2D eigenvalue weighted by molar-refractivity contribution is 5.94. The SMILES string of the molecule is O=C(c1ccc(NCC(O)CO)nc1)N1CCC(Oc2cccnc2)CC1. The Kier molecular flexibility index (Phi) is 6.56. The minimum absolute atomic E-state index is 0.0516. The third-order valence-corrected chi connectivity index (χ3v) is 4.41. The Balaban J connectivity index is 1.48. The van der Waals surface area contributed by atoms with E-state index in [-0.39, 0.29) is 25.2 Å². The van der Waals surface area contributed by atoms with Crippen LogP contribution >= 0.6 is 0 Å². The Labute approximate surface area is 157 Å². The van der Waals surface area contributed by atoms with Crippen LogP contribution in [0.2, 0.25) is 0 Å². The van der Waals surface area contributed by atoms with Gasteiger partial charge in [-0.05, 0) is 24.3 Å². The van der Waals surface area contributed by atoms with Crippen LogP contribution in [0.25, 0.3) is 0 Å². The highest BCUT2D eigenvalue weighted by atomic mass is 16.5. The molecule has 2 aromatic rings. The van der Waals surface area contributed by atoms with E-state index in [0.717, 1.165) is 18.6 Å². The number of amides is 1. The van der Waals surface area contributed by atoms with E-state index in [9.17, 15) is 9.90 Å². The summed E-state index contributed by atoms with van der Waals surface area (Å²) in [4.78, 5) is 22.7. The molecule has 0 bridgehead atoms. The van der Waals surface area contributed by atoms with Gasteiger partial charge in [0.1, 0.15) is 17.7 Å². The van der Waals surface area contributed by atoms with Crippen LogP contribution in [0.5, 0.6) is 5.75 Å². The molecule has 1 amide bonds. The maximum absolute atomic E-state index is 12.6. The van der Waals surface area contributed by atoms with E-state index < -0.39 is 6.10 Å². The summed E-state index contributed by atoms with van der Waals surface area (Å²) in [5.74, 6) is 1.24. The number of anilines is 1. The Bertz CT molecular complexity index is 718. The molecule has 0 radical (unpaired) electrons. The monoisotopic (exact) mass is 372 g/mol. The van der Waals surface area contributed by atoms with Gasteiger partial charge >= 0.3 is 0 Å². The van der Waals surface area contributed by atoms with Gasteiger partial charge in [-0.2, -0.15) is 0 Å². The summed E-state index contributed by atoms with van der Waals surface area (Å²) in [6.45, 7) is 1.14. The fourth-order valence-corrected chi connectivity index (χ4v) is 2.88. The molecule has 144 valence electrons. The van der Waals surface area contributed by atoms with Crippen LogP contribution < -0.4 is 10.1 Å². The highest BCUT2D eigenvalue weighted by Crippen LogP contribution is 2.19. The number of aliphatic hydroxyl groups is 2. The first-order chi connectivity index (χ1) is 13.2. The van der Waals surface area contributed by atoms with Gasteiger partial charge in [-0.3, -0.25) is 9.78 Å². The molecule has 3 N–H and O–H groups in total. The van der Waals surface area contributed by atoms with Crippen LogP contribution in [0.15, 0.2) is 42.9 Å². The second kappa shape index (κ2) is 9.29. The standard InChI is InChI=1S/C19H24N4O4/c24-13-15(25)11-22-18-4-3-14(10-21-18)19(26)23-8-5-16(6-9-23)27-17-2-1-7-20-12-17/h1-4,7,10,12,15-16,24-25H,5-6,8-9,11,13H2,(H,21,22). The van der Waals surface area contributed by atoms with Gasteiger partial charge in [0.15, 0.2) is 0 Å². The number of likely N-dealkylation sites (tertiary alicyclic amines) is 1. The van der Waals surface area contributed by atoms with Gasteiger partial charge in [-0.1, -0.05) is 0 Å². The molecule has 3 heterocycles. The molecular formula is C19H24N4O4. The number of ether oxygens (including phenoxy) is 1. The number of aliphatic hydroxyl groups excluding tert-OH is 2. The van der Waals surface area contributed by atoms with Gasteiger partial charge in [0.05, 0.1) is 24.5 Å². The molecule has 0 aliphatic carbocycles. The van der Waals surface area contributed by atoms with E-state index in [0.29, 0.717) is 24.5 Å². The smallest absolute Gasteiger partial charge is 0.255 e. The molecule has 8 heteroatoms. The van der Waals surface area contributed by atoms with Crippen molar-refractivity contribution in [1.29, 1.82) is 0 Å². The summed E-state index contributed by atoms with van der Waals surface area (Å²) in [6, 6.07) is 7.12. The lowest BCUT2D eigenvalue weighted by Gasteiger charge is -2.32. The Morgan fingerprint density at radius 1 is 1.30 bits per heavy atom. The van der Waals surface area contributed by atoms with Crippen molar-refractivity contribution in [2.45, 2.75) is 25.0 Å². The average molecular weight is 372 g/mol. The first-order valence-corrected chi connectivity index (χ1v) is 9.00. The van der Waals surface area contributed by atoms with E-state index in [4.69, 9.17) is 9.84 Å². The van der Waals surface area contributed by atoms with Crippen molar-refractivity contribution < 1.29 is 19.7 Å². The molecule has 2 aromatic heterocycles. The van der Waals surface area contributed by atoms with Crippen molar-refractivity contribution in [1.82, 2.24) is 14.9 Å². The van der Waals surface area contributed by atoms with Crippen molar-refractivity contribution in [3.8, 4) is 5.75 Å². The highest BCUT2D eigenvalue weighted by Gasteiger charge is 2.25. The molecule has 0 saturated carbocycles. The molecule has 3 rings (SSSR count). The predicted octanol–water partition coefficient (Wildman–Crippen LogP) is 0.925. The average Bonchev–Trinajstić information content (AvgIpc) is 2.73. The zero-order chi connectivity index (χ0) is 19.1. The van der Waals surface area contributed by atoms with Crippen LogP contribution in [0.4, 0.5) is 5.82 Å². The zero-order valence-corrected chi connectivity index (χ0v) is 15.0. The van der Waals surface area contributed by atoms with E-state index in [1.165, 1.54) is 6.20 Å². The van der Waals surface area contributed by atoms with Gasteiger partial charge in [0.25, 0.3) is 5.91 Å². The molecule has 1 unspecified atom stereocenters. The summed E-state index contributed by atoms with van der Waals surface area (Å²) in [5.41, 5.74) is 0.523. The second-order valence-corrected chi connectivity index (χ2v) is 6.45. The number of nitrogens with one attached hydrogen (secondary N) is 1. The van der Waals surface area contributed by atoms with Crippen LogP contribution in [0, 0.1) is 0 Å². The van der Waals surface area contributed by atoms with Crippen molar-refractivity contribution in [3.63, 3.8) is 0 Å². The van der Waals surface area contributed by atoms with Crippen LogP contribution in [0.1, 0.15) is 23.2 Å².